The summed E-state index contributed by atoms with van der Waals surface area (Å²) in [4.78, 5) is 26.4. The van der Waals surface area contributed by atoms with Crippen molar-refractivity contribution in [2.24, 2.45) is 0 Å². The topological polar surface area (TPSA) is 49.4 Å². The number of carbonyl (C=O) groups excluding carboxylic acids is 2. The quantitative estimate of drug-likeness (QED) is 0.826. The third-order valence-corrected chi connectivity index (χ3v) is 5.42. The van der Waals surface area contributed by atoms with Crippen LogP contribution in [0.3, 0.4) is 0 Å². The van der Waals surface area contributed by atoms with Crippen molar-refractivity contribution in [1.29, 1.82) is 0 Å². The predicted molar refractivity (Wildman–Crippen MR) is 112 cm³/mol. The summed E-state index contributed by atoms with van der Waals surface area (Å²) in [5, 5.41) is 3.00. The van der Waals surface area contributed by atoms with Crippen LogP contribution in [0.1, 0.15) is 28.7 Å². The minimum Gasteiger partial charge on any atom is -0.337 e. The number of carbonyl (C=O) groups is 2. The van der Waals surface area contributed by atoms with Gasteiger partial charge in [-0.1, -0.05) is 35.9 Å². The molecule has 3 rings (SSSR count). The fraction of sp³-hybridized carbons (Fsp3) is 0.364. The molecule has 0 saturated carbocycles. The fourth-order valence-corrected chi connectivity index (χ4v) is 3.73. The second-order valence-electron chi connectivity index (χ2n) is 7.02. The lowest BCUT2D eigenvalue weighted by atomic mass is 9.99. The van der Waals surface area contributed by atoms with Gasteiger partial charge in [-0.15, -0.1) is 0 Å². The van der Waals surface area contributed by atoms with Crippen LogP contribution in [-0.2, 0) is 29.0 Å². The van der Waals surface area contributed by atoms with Gasteiger partial charge in [-0.3, -0.25) is 9.59 Å². The van der Waals surface area contributed by atoms with Gasteiger partial charge in [-0.25, -0.2) is 0 Å². The fourth-order valence-electron chi connectivity index (χ4n) is 3.30. The normalized spacial score (nSPS) is 13.2. The minimum atomic E-state index is 0.0154. The number of rotatable bonds is 6. The monoisotopic (exact) mass is 382 g/mol. The molecule has 2 aromatic carbocycles. The number of nitrogens with one attached hydrogen (secondary N) is 1. The number of hydrogen-bond acceptors (Lipinski definition) is 3. The smallest absolute Gasteiger partial charge is 0.232 e. The van der Waals surface area contributed by atoms with Crippen LogP contribution in [0.15, 0.2) is 42.5 Å². The van der Waals surface area contributed by atoms with E-state index in [-0.39, 0.29) is 11.8 Å². The van der Waals surface area contributed by atoms with Crippen molar-refractivity contribution in [3.63, 3.8) is 0 Å². The van der Waals surface area contributed by atoms with E-state index in [1.807, 2.05) is 23.3 Å². The van der Waals surface area contributed by atoms with Gasteiger partial charge in [0, 0.05) is 25.2 Å². The van der Waals surface area contributed by atoms with Crippen LogP contribution in [0, 0.1) is 6.92 Å². The molecule has 2 aromatic rings. The molecule has 0 spiro atoms. The average molecular weight is 383 g/mol. The summed E-state index contributed by atoms with van der Waals surface area (Å²) in [5.74, 6) is 0.715. The van der Waals surface area contributed by atoms with E-state index in [1.54, 1.807) is 11.8 Å². The molecule has 1 aliphatic heterocycles. The molecule has 0 unspecified atom stereocenters. The number of benzene rings is 2. The van der Waals surface area contributed by atoms with E-state index in [9.17, 15) is 9.59 Å². The summed E-state index contributed by atoms with van der Waals surface area (Å²) in [7, 11) is 0. The summed E-state index contributed by atoms with van der Waals surface area (Å²) in [5.41, 5.74) is 5.60. The van der Waals surface area contributed by atoms with Crippen molar-refractivity contribution in [1.82, 2.24) is 4.90 Å². The Morgan fingerprint density at radius 2 is 1.89 bits per heavy atom. The first kappa shape index (κ1) is 19.5. The van der Waals surface area contributed by atoms with Gasteiger partial charge in [0.25, 0.3) is 0 Å². The Bertz CT molecular complexity index is 818. The first-order valence-corrected chi connectivity index (χ1v) is 10.7. The van der Waals surface area contributed by atoms with Gasteiger partial charge in [0.15, 0.2) is 0 Å². The van der Waals surface area contributed by atoms with Gasteiger partial charge in [0.2, 0.25) is 11.8 Å². The lowest BCUT2D eigenvalue weighted by molar-refractivity contribution is -0.129. The van der Waals surface area contributed by atoms with Crippen molar-refractivity contribution in [2.45, 2.75) is 32.7 Å². The summed E-state index contributed by atoms with van der Waals surface area (Å²) >= 11 is 1.55. The second kappa shape index (κ2) is 9.09. The van der Waals surface area contributed by atoms with Crippen LogP contribution >= 0.6 is 11.8 Å². The molecule has 0 atom stereocenters. The Morgan fingerprint density at radius 1 is 1.11 bits per heavy atom. The molecule has 0 radical (unpaired) electrons. The van der Waals surface area contributed by atoms with Crippen molar-refractivity contribution in [3.05, 3.63) is 64.7 Å². The molecule has 0 bridgehead atoms. The Kier molecular flexibility index (Phi) is 6.56. The van der Waals surface area contributed by atoms with Gasteiger partial charge >= 0.3 is 0 Å². The molecule has 1 N–H and O–H groups in total. The molecule has 0 fully saturated rings. The Morgan fingerprint density at radius 3 is 2.63 bits per heavy atom. The molecular formula is C22H26N2O2S. The molecule has 0 aliphatic carbocycles. The molecular weight excluding hydrogens is 356 g/mol. The van der Waals surface area contributed by atoms with Crippen molar-refractivity contribution in [2.75, 3.05) is 23.9 Å². The lowest BCUT2D eigenvalue weighted by Gasteiger charge is -2.29. The van der Waals surface area contributed by atoms with Gasteiger partial charge in [-0.05, 0) is 54.8 Å². The third kappa shape index (κ3) is 5.36. The standard InChI is InChI=1S/C22H26N2O2S/c1-16-3-5-17(6-4-16)7-10-21(25)23-20-9-8-18-11-12-24(14-19(18)13-20)22(26)15-27-2/h3-6,8-9,13H,7,10-12,14-15H2,1-2H3,(H,23,25). The largest absolute Gasteiger partial charge is 0.337 e. The number of nitrogens with zero attached hydrogens (tertiary/aromatic N) is 1. The molecule has 0 aromatic heterocycles. The van der Waals surface area contributed by atoms with Gasteiger partial charge in [0.05, 0.1) is 5.75 Å². The van der Waals surface area contributed by atoms with E-state index in [4.69, 9.17) is 0 Å². The Balaban J connectivity index is 1.58. The maximum atomic E-state index is 12.3. The van der Waals surface area contributed by atoms with E-state index in [1.165, 1.54) is 16.7 Å². The third-order valence-electron chi connectivity index (χ3n) is 4.88. The summed E-state index contributed by atoms with van der Waals surface area (Å²) in [6, 6.07) is 14.3. The van der Waals surface area contributed by atoms with Crippen molar-refractivity contribution >= 4 is 29.3 Å². The average Bonchev–Trinajstić information content (AvgIpc) is 2.67. The van der Waals surface area contributed by atoms with Crippen LogP contribution in [0.4, 0.5) is 5.69 Å². The molecule has 2 amide bonds. The minimum absolute atomic E-state index is 0.0154. The highest BCUT2D eigenvalue weighted by atomic mass is 32.2. The molecule has 0 saturated heterocycles. The number of amides is 2. The van der Waals surface area contributed by atoms with E-state index in [0.29, 0.717) is 18.7 Å². The van der Waals surface area contributed by atoms with Crippen LogP contribution < -0.4 is 5.32 Å². The van der Waals surface area contributed by atoms with E-state index >= 15 is 0 Å². The highest BCUT2D eigenvalue weighted by Crippen LogP contribution is 2.23. The van der Waals surface area contributed by atoms with Crippen molar-refractivity contribution in [3.8, 4) is 0 Å². The number of thioether (sulfide) groups is 1. The number of anilines is 1. The molecule has 4 nitrogen and oxygen atoms in total. The second-order valence-corrected chi connectivity index (χ2v) is 7.88. The first-order valence-electron chi connectivity index (χ1n) is 9.29. The number of aryl methyl sites for hydroxylation is 2. The molecule has 1 heterocycles. The molecule has 1 aliphatic rings. The molecule has 27 heavy (non-hydrogen) atoms. The van der Waals surface area contributed by atoms with Crippen LogP contribution in [0.5, 0.6) is 0 Å². The van der Waals surface area contributed by atoms with E-state index in [0.717, 1.165) is 30.6 Å². The first-order chi connectivity index (χ1) is 13.0. The van der Waals surface area contributed by atoms with Gasteiger partial charge in [-0.2, -0.15) is 11.8 Å². The number of fused-ring (bicyclic) bond motifs is 1. The molecule has 5 heteroatoms. The van der Waals surface area contributed by atoms with Gasteiger partial charge < -0.3 is 10.2 Å². The van der Waals surface area contributed by atoms with Crippen LogP contribution in [0.2, 0.25) is 0 Å². The maximum absolute atomic E-state index is 12.3. The van der Waals surface area contributed by atoms with Crippen LogP contribution in [-0.4, -0.2) is 35.3 Å². The molecule has 142 valence electrons. The van der Waals surface area contributed by atoms with E-state index in [2.05, 4.69) is 42.6 Å². The Labute approximate surface area is 165 Å². The summed E-state index contributed by atoms with van der Waals surface area (Å²) in [6.07, 6.45) is 4.00. The SMILES string of the molecule is CSCC(=O)N1CCc2ccc(NC(=O)CCc3ccc(C)cc3)cc2C1. The zero-order valence-electron chi connectivity index (χ0n) is 16.0. The highest BCUT2D eigenvalue weighted by Gasteiger charge is 2.20. The predicted octanol–water partition coefficient (Wildman–Crippen LogP) is 3.81. The maximum Gasteiger partial charge on any atom is 0.232 e. The summed E-state index contributed by atoms with van der Waals surface area (Å²) < 4.78 is 0. The van der Waals surface area contributed by atoms with Crippen molar-refractivity contribution < 1.29 is 9.59 Å². The lowest BCUT2D eigenvalue weighted by Crippen LogP contribution is -2.37. The van der Waals surface area contributed by atoms with Gasteiger partial charge in [0.1, 0.15) is 0 Å². The Hall–Kier alpha value is -2.27. The van der Waals surface area contributed by atoms with E-state index < -0.39 is 0 Å². The number of hydrogen-bond donors (Lipinski definition) is 1. The highest BCUT2D eigenvalue weighted by molar-refractivity contribution is 7.99. The van der Waals surface area contributed by atoms with Crippen LogP contribution in [0.25, 0.3) is 0 Å². The summed E-state index contributed by atoms with van der Waals surface area (Å²) in [6.45, 7) is 3.46. The zero-order chi connectivity index (χ0) is 19.2. The zero-order valence-corrected chi connectivity index (χ0v) is 16.8.